The number of halogens is 1. The van der Waals surface area contributed by atoms with E-state index in [4.69, 9.17) is 11.6 Å². The van der Waals surface area contributed by atoms with Gasteiger partial charge in [-0.2, -0.15) is 0 Å². The van der Waals surface area contributed by atoms with E-state index in [0.29, 0.717) is 17.3 Å². The quantitative estimate of drug-likeness (QED) is 0.741. The second-order valence-electron chi connectivity index (χ2n) is 5.30. The number of hydrogen-bond acceptors (Lipinski definition) is 1. The van der Waals surface area contributed by atoms with Crippen LogP contribution in [0.25, 0.3) is 10.9 Å². The van der Waals surface area contributed by atoms with Crippen LogP contribution in [-0.2, 0) is 0 Å². The highest BCUT2D eigenvalue weighted by molar-refractivity contribution is 6.31. The summed E-state index contributed by atoms with van der Waals surface area (Å²) >= 11 is 6.00. The van der Waals surface area contributed by atoms with Gasteiger partial charge in [0.2, 0.25) is 0 Å². The van der Waals surface area contributed by atoms with Crippen LogP contribution in [0.1, 0.15) is 23.0 Å². The van der Waals surface area contributed by atoms with E-state index >= 15 is 0 Å². The molecular formula is C18H17ClN2O. The highest BCUT2D eigenvalue weighted by atomic mass is 35.5. The molecule has 0 unspecified atom stereocenters. The molecule has 3 nitrogen and oxygen atoms in total. The van der Waals surface area contributed by atoms with E-state index in [1.54, 1.807) is 4.90 Å². The molecule has 3 rings (SSSR count). The Hall–Kier alpha value is -2.26. The average molecular weight is 313 g/mol. The maximum atomic E-state index is 12.8. The van der Waals surface area contributed by atoms with Gasteiger partial charge in [0, 0.05) is 28.2 Å². The van der Waals surface area contributed by atoms with E-state index in [9.17, 15) is 4.79 Å². The Labute approximate surface area is 134 Å². The van der Waals surface area contributed by atoms with Crippen LogP contribution < -0.4 is 4.90 Å². The summed E-state index contributed by atoms with van der Waals surface area (Å²) in [7, 11) is 0. The molecule has 22 heavy (non-hydrogen) atoms. The van der Waals surface area contributed by atoms with Crippen LogP contribution in [0.4, 0.5) is 5.69 Å². The van der Waals surface area contributed by atoms with E-state index in [1.165, 1.54) is 0 Å². The summed E-state index contributed by atoms with van der Waals surface area (Å²) < 4.78 is 0. The zero-order chi connectivity index (χ0) is 15.7. The molecule has 1 heterocycles. The van der Waals surface area contributed by atoms with E-state index < -0.39 is 0 Å². The van der Waals surface area contributed by atoms with Crippen molar-refractivity contribution < 1.29 is 4.79 Å². The van der Waals surface area contributed by atoms with Gasteiger partial charge in [-0.15, -0.1) is 0 Å². The summed E-state index contributed by atoms with van der Waals surface area (Å²) in [5.41, 5.74) is 3.48. The number of benzene rings is 2. The third-order valence-electron chi connectivity index (χ3n) is 3.69. The van der Waals surface area contributed by atoms with Crippen molar-refractivity contribution in [2.45, 2.75) is 13.8 Å². The van der Waals surface area contributed by atoms with E-state index in [1.807, 2.05) is 62.4 Å². The summed E-state index contributed by atoms with van der Waals surface area (Å²) in [5.74, 6) is -0.0413. The smallest absolute Gasteiger partial charge is 0.274 e. The largest absolute Gasteiger partial charge is 0.350 e. The molecule has 1 aromatic heterocycles. The SMILES string of the molecule is CCN(C(=O)c1cc2ccc(Cl)cc2[nH]1)c1cccc(C)c1. The van der Waals surface area contributed by atoms with Gasteiger partial charge in [0.15, 0.2) is 0 Å². The molecule has 3 aromatic rings. The molecule has 0 atom stereocenters. The maximum Gasteiger partial charge on any atom is 0.274 e. The number of rotatable bonds is 3. The van der Waals surface area contributed by atoms with Crippen LogP contribution in [0.5, 0.6) is 0 Å². The number of amides is 1. The van der Waals surface area contributed by atoms with E-state index in [-0.39, 0.29) is 5.91 Å². The Bertz CT molecular complexity index is 838. The molecule has 1 amide bonds. The lowest BCUT2D eigenvalue weighted by Gasteiger charge is -2.20. The molecule has 1 N–H and O–H groups in total. The van der Waals surface area contributed by atoms with Gasteiger partial charge in [0.05, 0.1) is 0 Å². The highest BCUT2D eigenvalue weighted by Crippen LogP contribution is 2.23. The number of aromatic amines is 1. The second kappa shape index (κ2) is 5.85. The lowest BCUT2D eigenvalue weighted by Crippen LogP contribution is -2.30. The first-order valence-electron chi connectivity index (χ1n) is 7.25. The van der Waals surface area contributed by atoms with Gasteiger partial charge in [0.25, 0.3) is 5.91 Å². The third kappa shape index (κ3) is 2.72. The number of nitrogens with zero attached hydrogens (tertiary/aromatic N) is 1. The molecule has 0 bridgehead atoms. The first-order valence-corrected chi connectivity index (χ1v) is 7.63. The van der Waals surface area contributed by atoms with E-state index in [2.05, 4.69) is 4.98 Å². The first-order chi connectivity index (χ1) is 10.6. The molecule has 0 aliphatic heterocycles. The molecule has 112 valence electrons. The lowest BCUT2D eigenvalue weighted by molar-refractivity contribution is 0.0984. The minimum atomic E-state index is -0.0413. The zero-order valence-corrected chi connectivity index (χ0v) is 13.3. The highest BCUT2D eigenvalue weighted by Gasteiger charge is 2.18. The fourth-order valence-corrected chi connectivity index (χ4v) is 2.77. The maximum absolute atomic E-state index is 12.8. The number of carbonyl (C=O) groups excluding carboxylic acids is 1. The van der Waals surface area contributed by atoms with Gasteiger partial charge in [-0.1, -0.05) is 29.8 Å². The Morgan fingerprint density at radius 2 is 2.00 bits per heavy atom. The Morgan fingerprint density at radius 1 is 1.18 bits per heavy atom. The van der Waals surface area contributed by atoms with Crippen LogP contribution in [0.15, 0.2) is 48.5 Å². The number of aryl methyl sites for hydroxylation is 1. The Morgan fingerprint density at radius 3 is 2.73 bits per heavy atom. The van der Waals surface area contributed by atoms with Crippen LogP contribution >= 0.6 is 11.6 Å². The van der Waals surface area contributed by atoms with Crippen LogP contribution in [0.3, 0.4) is 0 Å². The number of aromatic nitrogens is 1. The summed E-state index contributed by atoms with van der Waals surface area (Å²) in [5, 5.41) is 1.63. The predicted molar refractivity (Wildman–Crippen MR) is 91.8 cm³/mol. The fourth-order valence-electron chi connectivity index (χ4n) is 2.60. The van der Waals surface area contributed by atoms with Gasteiger partial charge in [0.1, 0.15) is 5.69 Å². The van der Waals surface area contributed by atoms with Crippen LogP contribution in [-0.4, -0.2) is 17.4 Å². The van der Waals surface area contributed by atoms with Crippen molar-refractivity contribution in [2.24, 2.45) is 0 Å². The standard InChI is InChI=1S/C18H17ClN2O/c1-3-21(15-6-4-5-12(2)9-15)18(22)17-10-13-7-8-14(19)11-16(13)20-17/h4-11,20H,3H2,1-2H3. The number of hydrogen-bond donors (Lipinski definition) is 1. The van der Waals surface area contributed by atoms with E-state index in [0.717, 1.165) is 22.2 Å². The Kier molecular flexibility index (Phi) is 3.90. The summed E-state index contributed by atoms with van der Waals surface area (Å²) in [6.45, 7) is 4.60. The molecule has 0 aliphatic carbocycles. The minimum Gasteiger partial charge on any atom is -0.350 e. The monoisotopic (exact) mass is 312 g/mol. The molecule has 4 heteroatoms. The lowest BCUT2D eigenvalue weighted by atomic mass is 10.2. The van der Waals surface area contributed by atoms with Crippen molar-refractivity contribution in [2.75, 3.05) is 11.4 Å². The molecule has 0 radical (unpaired) electrons. The van der Waals surface area contributed by atoms with Gasteiger partial charge < -0.3 is 9.88 Å². The molecule has 0 fully saturated rings. The van der Waals surface area contributed by atoms with Crippen molar-refractivity contribution in [3.05, 3.63) is 64.8 Å². The van der Waals surface area contributed by atoms with Crippen molar-refractivity contribution >= 4 is 34.1 Å². The second-order valence-corrected chi connectivity index (χ2v) is 5.74. The molecule has 2 aromatic carbocycles. The number of H-pyrrole nitrogens is 1. The van der Waals surface area contributed by atoms with Crippen molar-refractivity contribution in [1.82, 2.24) is 4.98 Å². The van der Waals surface area contributed by atoms with Crippen LogP contribution in [0.2, 0.25) is 5.02 Å². The molecule has 0 aliphatic rings. The number of carbonyl (C=O) groups is 1. The van der Waals surface area contributed by atoms with Gasteiger partial charge in [-0.05, 0) is 49.7 Å². The van der Waals surface area contributed by atoms with Crippen molar-refractivity contribution in [1.29, 1.82) is 0 Å². The van der Waals surface area contributed by atoms with Gasteiger partial charge >= 0.3 is 0 Å². The van der Waals surface area contributed by atoms with Crippen molar-refractivity contribution in [3.8, 4) is 0 Å². The normalized spacial score (nSPS) is 10.9. The molecular weight excluding hydrogens is 296 g/mol. The fraction of sp³-hybridized carbons (Fsp3) is 0.167. The molecule has 0 saturated heterocycles. The van der Waals surface area contributed by atoms with Crippen LogP contribution in [0, 0.1) is 6.92 Å². The summed E-state index contributed by atoms with van der Waals surface area (Å²) in [4.78, 5) is 17.7. The predicted octanol–water partition coefficient (Wildman–Crippen LogP) is 4.80. The summed E-state index contributed by atoms with van der Waals surface area (Å²) in [6, 6.07) is 15.4. The van der Waals surface area contributed by atoms with Gasteiger partial charge in [-0.3, -0.25) is 4.79 Å². The molecule has 0 spiro atoms. The first kappa shape index (κ1) is 14.7. The third-order valence-corrected chi connectivity index (χ3v) is 3.92. The topological polar surface area (TPSA) is 36.1 Å². The average Bonchev–Trinajstić information content (AvgIpc) is 2.91. The molecule has 0 saturated carbocycles. The number of anilines is 1. The summed E-state index contributed by atoms with van der Waals surface area (Å²) in [6.07, 6.45) is 0. The van der Waals surface area contributed by atoms with Gasteiger partial charge in [-0.25, -0.2) is 0 Å². The Balaban J connectivity index is 1.99. The number of nitrogens with one attached hydrogen (secondary N) is 1. The van der Waals surface area contributed by atoms with Crippen molar-refractivity contribution in [3.63, 3.8) is 0 Å². The minimum absolute atomic E-state index is 0.0413. The number of fused-ring (bicyclic) bond motifs is 1. The zero-order valence-electron chi connectivity index (χ0n) is 12.6.